The average Bonchev–Trinajstić information content (AvgIpc) is 3.34. The lowest BCUT2D eigenvalue weighted by Crippen LogP contribution is -2.50. The van der Waals surface area contributed by atoms with Crippen molar-refractivity contribution in [2.24, 2.45) is 11.8 Å². The van der Waals surface area contributed by atoms with Gasteiger partial charge in [-0.25, -0.2) is 4.39 Å². The third kappa shape index (κ3) is 4.52. The van der Waals surface area contributed by atoms with Crippen LogP contribution in [0.4, 0.5) is 4.39 Å². The van der Waals surface area contributed by atoms with E-state index in [4.69, 9.17) is 0 Å². The van der Waals surface area contributed by atoms with E-state index in [1.807, 2.05) is 13.8 Å². The van der Waals surface area contributed by atoms with Gasteiger partial charge in [-0.05, 0) is 49.3 Å². The summed E-state index contributed by atoms with van der Waals surface area (Å²) in [7, 11) is 0. The van der Waals surface area contributed by atoms with Crippen LogP contribution in [0.1, 0.15) is 45.2 Å². The van der Waals surface area contributed by atoms with Crippen LogP contribution in [0, 0.1) is 29.0 Å². The number of carbonyl (C=O) groups excluding carboxylic acids is 1. The quantitative estimate of drug-likeness (QED) is 0.812. The molecule has 0 heterocycles. The first kappa shape index (κ1) is 17.4. The second-order valence-corrected chi connectivity index (χ2v) is 6.79. The van der Waals surface area contributed by atoms with Crippen LogP contribution >= 0.6 is 0 Å². The van der Waals surface area contributed by atoms with Crippen molar-refractivity contribution < 1.29 is 9.18 Å². The molecule has 124 valence electrons. The number of carbonyl (C=O) groups is 1. The first-order chi connectivity index (χ1) is 10.9. The van der Waals surface area contributed by atoms with Gasteiger partial charge in [-0.2, -0.15) is 5.26 Å². The van der Waals surface area contributed by atoms with E-state index in [1.165, 1.54) is 12.1 Å². The molecule has 0 radical (unpaired) electrons. The Morgan fingerprint density at radius 3 is 2.48 bits per heavy atom. The molecule has 1 fully saturated rings. The van der Waals surface area contributed by atoms with E-state index in [0.29, 0.717) is 0 Å². The lowest BCUT2D eigenvalue weighted by Gasteiger charge is -2.26. The zero-order chi connectivity index (χ0) is 17.0. The van der Waals surface area contributed by atoms with Gasteiger partial charge in [0, 0.05) is 6.04 Å². The van der Waals surface area contributed by atoms with Gasteiger partial charge < -0.3 is 10.6 Å². The highest BCUT2D eigenvalue weighted by atomic mass is 19.1. The van der Waals surface area contributed by atoms with Gasteiger partial charge in [0.25, 0.3) is 0 Å². The highest BCUT2D eigenvalue weighted by Gasteiger charge is 2.42. The van der Waals surface area contributed by atoms with Crippen molar-refractivity contribution in [1.82, 2.24) is 10.6 Å². The third-order valence-electron chi connectivity index (χ3n) is 4.40. The van der Waals surface area contributed by atoms with Gasteiger partial charge in [-0.1, -0.05) is 26.0 Å². The Kier molecular flexibility index (Phi) is 5.38. The van der Waals surface area contributed by atoms with E-state index in [0.717, 1.165) is 18.4 Å². The van der Waals surface area contributed by atoms with Crippen molar-refractivity contribution >= 4 is 5.91 Å². The Bertz CT molecular complexity index is 589. The highest BCUT2D eigenvalue weighted by Crippen LogP contribution is 2.39. The molecule has 5 heteroatoms. The molecule has 0 aliphatic heterocycles. The molecule has 0 bridgehead atoms. The van der Waals surface area contributed by atoms with Gasteiger partial charge in [0.15, 0.2) is 0 Å². The van der Waals surface area contributed by atoms with E-state index >= 15 is 0 Å². The third-order valence-corrected chi connectivity index (χ3v) is 4.40. The second-order valence-electron chi connectivity index (χ2n) is 6.79. The number of hydrogen-bond donors (Lipinski definition) is 2. The van der Waals surface area contributed by atoms with Crippen molar-refractivity contribution in [2.75, 3.05) is 6.54 Å². The lowest BCUT2D eigenvalue weighted by molar-refractivity contribution is -0.121. The molecule has 1 amide bonds. The Balaban J connectivity index is 1.95. The van der Waals surface area contributed by atoms with E-state index in [1.54, 1.807) is 19.1 Å². The normalized spacial score (nSPS) is 18.1. The Morgan fingerprint density at radius 1 is 1.39 bits per heavy atom. The number of nitriles is 1. The molecule has 0 unspecified atom stereocenters. The average molecular weight is 317 g/mol. The van der Waals surface area contributed by atoms with E-state index in [-0.39, 0.29) is 36.1 Å². The van der Waals surface area contributed by atoms with Crippen LogP contribution in [-0.4, -0.2) is 18.0 Å². The Hall–Kier alpha value is -1.93. The van der Waals surface area contributed by atoms with Crippen molar-refractivity contribution in [1.29, 1.82) is 5.26 Å². The summed E-state index contributed by atoms with van der Waals surface area (Å²) in [6.45, 7) is 6.00. The number of rotatable bonds is 7. The maximum absolute atomic E-state index is 13.1. The minimum Gasteiger partial charge on any atom is -0.337 e. The minimum atomic E-state index is -0.776. The largest absolute Gasteiger partial charge is 0.337 e. The van der Waals surface area contributed by atoms with Crippen LogP contribution < -0.4 is 10.6 Å². The van der Waals surface area contributed by atoms with Crippen molar-refractivity contribution in [3.8, 4) is 6.07 Å². The van der Waals surface area contributed by atoms with Gasteiger partial charge in [0.1, 0.15) is 11.4 Å². The fourth-order valence-electron chi connectivity index (χ4n) is 2.83. The summed E-state index contributed by atoms with van der Waals surface area (Å²) in [5.41, 5.74) is 0.168. The molecule has 1 saturated carbocycles. The van der Waals surface area contributed by atoms with Crippen LogP contribution in [-0.2, 0) is 4.79 Å². The molecular weight excluding hydrogens is 293 g/mol. The first-order valence-corrected chi connectivity index (χ1v) is 8.07. The number of hydrogen-bond acceptors (Lipinski definition) is 3. The predicted octanol–water partition coefficient (Wildman–Crippen LogP) is 2.92. The second kappa shape index (κ2) is 7.10. The number of halogens is 1. The monoisotopic (exact) mass is 317 g/mol. The summed E-state index contributed by atoms with van der Waals surface area (Å²) in [6.07, 6.45) is 1.98. The number of amides is 1. The standard InChI is InChI=1S/C18H24FN3O/c1-12(2)17(13-4-8-15(19)9-5-13)21-10-16(23)22-18(3,11-20)14-6-7-14/h4-5,8-9,12,14,17,21H,6-7,10H2,1-3H3,(H,22,23)/t17-,18-/m1/s1. The first-order valence-electron chi connectivity index (χ1n) is 8.07. The summed E-state index contributed by atoms with van der Waals surface area (Å²) >= 11 is 0. The van der Waals surface area contributed by atoms with Gasteiger partial charge in [-0.3, -0.25) is 4.79 Å². The smallest absolute Gasteiger partial charge is 0.235 e. The van der Waals surface area contributed by atoms with Crippen molar-refractivity contribution in [3.05, 3.63) is 35.6 Å². The Morgan fingerprint density at radius 2 is 2.00 bits per heavy atom. The van der Waals surface area contributed by atoms with Crippen molar-refractivity contribution in [3.63, 3.8) is 0 Å². The van der Waals surface area contributed by atoms with E-state index in [9.17, 15) is 14.4 Å². The molecule has 1 aliphatic carbocycles. The molecule has 1 aliphatic rings. The Labute approximate surface area is 137 Å². The molecule has 4 nitrogen and oxygen atoms in total. The molecule has 0 aromatic heterocycles. The van der Waals surface area contributed by atoms with Crippen LogP contribution in [0.25, 0.3) is 0 Å². The number of nitrogens with one attached hydrogen (secondary N) is 2. The van der Waals surface area contributed by atoms with Crippen LogP contribution in [0.2, 0.25) is 0 Å². The SMILES string of the molecule is CC(C)[C@@H](NCC(=O)N[C@](C)(C#N)C1CC1)c1ccc(F)cc1. The summed E-state index contributed by atoms with van der Waals surface area (Å²) in [6, 6.07) is 8.48. The summed E-state index contributed by atoms with van der Waals surface area (Å²) in [4.78, 5) is 12.2. The van der Waals surface area contributed by atoms with Crippen LogP contribution in [0.3, 0.4) is 0 Å². The zero-order valence-corrected chi connectivity index (χ0v) is 13.9. The van der Waals surface area contributed by atoms with E-state index < -0.39 is 5.54 Å². The molecule has 2 rings (SSSR count). The molecule has 2 atom stereocenters. The maximum Gasteiger partial charge on any atom is 0.235 e. The fourth-order valence-corrected chi connectivity index (χ4v) is 2.83. The molecule has 1 aromatic rings. The molecular formula is C18H24FN3O. The topological polar surface area (TPSA) is 64.9 Å². The van der Waals surface area contributed by atoms with Gasteiger partial charge in [0.05, 0.1) is 12.6 Å². The van der Waals surface area contributed by atoms with E-state index in [2.05, 4.69) is 16.7 Å². The fraction of sp³-hybridized carbons (Fsp3) is 0.556. The highest BCUT2D eigenvalue weighted by molar-refractivity contribution is 5.79. The van der Waals surface area contributed by atoms with Crippen LogP contribution in [0.5, 0.6) is 0 Å². The van der Waals surface area contributed by atoms with Gasteiger partial charge in [0.2, 0.25) is 5.91 Å². The van der Waals surface area contributed by atoms with Gasteiger partial charge >= 0.3 is 0 Å². The number of benzene rings is 1. The van der Waals surface area contributed by atoms with Gasteiger partial charge in [-0.15, -0.1) is 0 Å². The molecule has 2 N–H and O–H groups in total. The molecule has 1 aromatic carbocycles. The summed E-state index contributed by atoms with van der Waals surface area (Å²) in [5, 5.41) is 15.3. The minimum absolute atomic E-state index is 0.0457. The molecule has 0 saturated heterocycles. The maximum atomic E-state index is 13.1. The molecule has 0 spiro atoms. The van der Waals surface area contributed by atoms with Crippen LogP contribution in [0.15, 0.2) is 24.3 Å². The zero-order valence-electron chi connectivity index (χ0n) is 13.9. The number of nitrogens with zero attached hydrogens (tertiary/aromatic N) is 1. The molecule has 23 heavy (non-hydrogen) atoms. The summed E-state index contributed by atoms with van der Waals surface area (Å²) < 4.78 is 13.1. The lowest BCUT2D eigenvalue weighted by atomic mass is 9.95. The summed E-state index contributed by atoms with van der Waals surface area (Å²) in [5.74, 6) is 0.0467. The predicted molar refractivity (Wildman–Crippen MR) is 86.9 cm³/mol. The van der Waals surface area contributed by atoms with Crippen molar-refractivity contribution in [2.45, 2.75) is 45.2 Å².